The van der Waals surface area contributed by atoms with Crippen LogP contribution in [0.25, 0.3) is 10.2 Å². The Hall–Kier alpha value is -1.14. The number of carbonyl (C=O) groups excluding carboxylic acids is 1. The molecule has 2 heterocycles. The van der Waals surface area contributed by atoms with Gasteiger partial charge in [-0.25, -0.2) is 9.97 Å². The van der Waals surface area contributed by atoms with E-state index in [0.29, 0.717) is 11.8 Å². The fourth-order valence-electron chi connectivity index (χ4n) is 3.23. The van der Waals surface area contributed by atoms with Crippen LogP contribution in [0, 0.1) is 26.7 Å². The molecule has 1 aliphatic rings. The van der Waals surface area contributed by atoms with E-state index >= 15 is 0 Å². The smallest absolute Gasteiger partial charge is 0.230 e. The van der Waals surface area contributed by atoms with Crippen molar-refractivity contribution in [2.24, 2.45) is 5.92 Å². The lowest BCUT2D eigenvalue weighted by Gasteiger charge is -2.26. The Morgan fingerprint density at radius 3 is 2.62 bits per heavy atom. The van der Waals surface area contributed by atoms with Gasteiger partial charge in [0.1, 0.15) is 15.7 Å². The molecule has 1 N–H and O–H groups in total. The molecule has 24 heavy (non-hydrogen) atoms. The van der Waals surface area contributed by atoms with Crippen LogP contribution in [-0.4, -0.2) is 27.7 Å². The Labute approximate surface area is 151 Å². The third-order valence-electron chi connectivity index (χ3n) is 4.83. The van der Waals surface area contributed by atoms with E-state index < -0.39 is 0 Å². The topological polar surface area (TPSA) is 54.9 Å². The normalized spacial score (nSPS) is 21.2. The molecule has 0 saturated heterocycles. The van der Waals surface area contributed by atoms with E-state index in [-0.39, 0.29) is 5.91 Å². The Kier molecular flexibility index (Phi) is 5.45. The molecular weight excluding hydrogens is 338 g/mol. The van der Waals surface area contributed by atoms with E-state index in [1.165, 1.54) is 35.0 Å². The van der Waals surface area contributed by atoms with E-state index in [0.717, 1.165) is 39.8 Å². The molecule has 1 saturated carbocycles. The summed E-state index contributed by atoms with van der Waals surface area (Å²) in [4.78, 5) is 23.7. The van der Waals surface area contributed by atoms with Gasteiger partial charge in [0.05, 0.1) is 5.75 Å². The van der Waals surface area contributed by atoms with Gasteiger partial charge >= 0.3 is 0 Å². The minimum atomic E-state index is 0.119. The minimum Gasteiger partial charge on any atom is -0.353 e. The van der Waals surface area contributed by atoms with Crippen molar-refractivity contribution >= 4 is 39.2 Å². The summed E-state index contributed by atoms with van der Waals surface area (Å²) >= 11 is 3.24. The molecule has 2 aromatic rings. The van der Waals surface area contributed by atoms with Crippen LogP contribution in [0.5, 0.6) is 0 Å². The van der Waals surface area contributed by atoms with Crippen LogP contribution in [0.1, 0.15) is 48.9 Å². The van der Waals surface area contributed by atoms with Crippen LogP contribution < -0.4 is 5.32 Å². The van der Waals surface area contributed by atoms with E-state index in [9.17, 15) is 4.79 Å². The van der Waals surface area contributed by atoms with Crippen molar-refractivity contribution in [3.63, 3.8) is 0 Å². The number of hydrogen-bond donors (Lipinski definition) is 1. The molecule has 1 fully saturated rings. The second-order valence-electron chi connectivity index (χ2n) is 6.85. The van der Waals surface area contributed by atoms with Gasteiger partial charge in [-0.05, 0) is 57.9 Å². The highest BCUT2D eigenvalue weighted by Crippen LogP contribution is 2.35. The SMILES string of the molecule is Cc1nc(SCC(=O)NC2CCC(C)CC2)c2c(C)c(C)sc2n1. The van der Waals surface area contributed by atoms with Gasteiger partial charge in [-0.15, -0.1) is 11.3 Å². The van der Waals surface area contributed by atoms with Gasteiger partial charge in [-0.1, -0.05) is 18.7 Å². The Morgan fingerprint density at radius 1 is 1.21 bits per heavy atom. The summed E-state index contributed by atoms with van der Waals surface area (Å²) in [6.07, 6.45) is 4.66. The molecule has 3 rings (SSSR count). The fourth-order valence-corrected chi connectivity index (χ4v) is 5.31. The lowest BCUT2D eigenvalue weighted by atomic mass is 9.87. The van der Waals surface area contributed by atoms with Gasteiger partial charge in [0.25, 0.3) is 0 Å². The molecule has 1 amide bonds. The second-order valence-corrected chi connectivity index (χ2v) is 9.02. The number of thiophene rings is 1. The number of thioether (sulfide) groups is 1. The highest BCUT2D eigenvalue weighted by atomic mass is 32.2. The largest absolute Gasteiger partial charge is 0.353 e. The van der Waals surface area contributed by atoms with Crippen LogP contribution in [-0.2, 0) is 4.79 Å². The number of fused-ring (bicyclic) bond motifs is 1. The van der Waals surface area contributed by atoms with Crippen LogP contribution in [0.2, 0.25) is 0 Å². The van der Waals surface area contributed by atoms with Crippen LogP contribution in [0.3, 0.4) is 0 Å². The maximum absolute atomic E-state index is 12.3. The molecule has 1 aliphatic carbocycles. The van der Waals surface area contributed by atoms with Crippen molar-refractivity contribution in [2.45, 2.75) is 64.4 Å². The van der Waals surface area contributed by atoms with Gasteiger partial charge in [0.15, 0.2) is 0 Å². The molecule has 0 bridgehead atoms. The third-order valence-corrected chi connectivity index (χ3v) is 6.90. The van der Waals surface area contributed by atoms with Crippen molar-refractivity contribution < 1.29 is 4.79 Å². The number of hydrogen-bond acceptors (Lipinski definition) is 5. The predicted molar refractivity (Wildman–Crippen MR) is 102 cm³/mol. The maximum Gasteiger partial charge on any atom is 0.230 e. The van der Waals surface area contributed by atoms with E-state index in [4.69, 9.17) is 0 Å². The first-order valence-electron chi connectivity index (χ1n) is 8.60. The second kappa shape index (κ2) is 7.40. The average molecular weight is 364 g/mol. The molecule has 4 nitrogen and oxygen atoms in total. The lowest BCUT2D eigenvalue weighted by Crippen LogP contribution is -2.38. The first-order valence-corrected chi connectivity index (χ1v) is 10.4. The van der Waals surface area contributed by atoms with Crippen LogP contribution in [0.4, 0.5) is 0 Å². The zero-order valence-electron chi connectivity index (χ0n) is 14.8. The standard InChI is InChI=1S/C18H25N3OS2/c1-10-5-7-14(8-6-10)21-15(22)9-23-17-16-11(2)12(3)24-18(16)20-13(4)19-17/h10,14H,5-9H2,1-4H3,(H,21,22). The van der Waals surface area contributed by atoms with Crippen molar-refractivity contribution in [2.75, 3.05) is 5.75 Å². The number of aromatic nitrogens is 2. The van der Waals surface area contributed by atoms with E-state index in [2.05, 4.69) is 36.1 Å². The Balaban J connectivity index is 1.66. The Bertz CT molecular complexity index is 748. The van der Waals surface area contributed by atoms with Gasteiger partial charge in [0, 0.05) is 16.3 Å². The van der Waals surface area contributed by atoms with Crippen molar-refractivity contribution in [1.29, 1.82) is 0 Å². The number of aryl methyl sites for hydroxylation is 3. The van der Waals surface area contributed by atoms with Crippen molar-refractivity contribution in [3.05, 3.63) is 16.3 Å². The molecule has 0 radical (unpaired) electrons. The zero-order valence-corrected chi connectivity index (χ0v) is 16.4. The molecule has 2 aromatic heterocycles. The molecule has 0 unspecified atom stereocenters. The number of carbonyl (C=O) groups is 1. The van der Waals surface area contributed by atoms with Crippen LogP contribution >= 0.6 is 23.1 Å². The summed E-state index contributed by atoms with van der Waals surface area (Å²) in [6.45, 7) is 8.43. The number of nitrogens with zero attached hydrogens (tertiary/aromatic N) is 2. The summed E-state index contributed by atoms with van der Waals surface area (Å²) in [5, 5.41) is 5.25. The molecular formula is C18H25N3OS2. The molecule has 0 aromatic carbocycles. The third kappa shape index (κ3) is 3.91. The molecule has 0 spiro atoms. The first kappa shape index (κ1) is 17.7. The van der Waals surface area contributed by atoms with Crippen LogP contribution in [0.15, 0.2) is 5.03 Å². The number of amides is 1. The minimum absolute atomic E-state index is 0.119. The van der Waals surface area contributed by atoms with Crippen molar-refractivity contribution in [3.8, 4) is 0 Å². The quantitative estimate of drug-likeness (QED) is 0.646. The Morgan fingerprint density at radius 2 is 1.92 bits per heavy atom. The fraction of sp³-hybridized carbons (Fsp3) is 0.611. The predicted octanol–water partition coefficient (Wildman–Crippen LogP) is 4.40. The summed E-state index contributed by atoms with van der Waals surface area (Å²) < 4.78 is 0. The summed E-state index contributed by atoms with van der Waals surface area (Å²) in [6, 6.07) is 0.353. The highest BCUT2D eigenvalue weighted by Gasteiger charge is 2.20. The monoisotopic (exact) mass is 363 g/mol. The van der Waals surface area contributed by atoms with E-state index in [1.54, 1.807) is 11.3 Å². The summed E-state index contributed by atoms with van der Waals surface area (Å²) in [5.74, 6) is 2.11. The molecule has 130 valence electrons. The zero-order chi connectivity index (χ0) is 17.3. The number of nitrogens with one attached hydrogen (secondary N) is 1. The average Bonchev–Trinajstić information content (AvgIpc) is 2.81. The van der Waals surface area contributed by atoms with Gasteiger partial charge < -0.3 is 5.32 Å². The molecule has 0 atom stereocenters. The van der Waals surface area contributed by atoms with Gasteiger partial charge in [-0.3, -0.25) is 4.79 Å². The number of rotatable bonds is 4. The molecule has 0 aliphatic heterocycles. The van der Waals surface area contributed by atoms with Gasteiger partial charge in [0.2, 0.25) is 5.91 Å². The highest BCUT2D eigenvalue weighted by molar-refractivity contribution is 8.00. The first-order chi connectivity index (χ1) is 11.4. The lowest BCUT2D eigenvalue weighted by molar-refractivity contribution is -0.119. The molecule has 6 heteroatoms. The van der Waals surface area contributed by atoms with Gasteiger partial charge in [-0.2, -0.15) is 0 Å². The summed E-state index contributed by atoms with van der Waals surface area (Å²) in [5.41, 5.74) is 1.24. The summed E-state index contributed by atoms with van der Waals surface area (Å²) in [7, 11) is 0. The maximum atomic E-state index is 12.3. The van der Waals surface area contributed by atoms with E-state index in [1.807, 2.05) is 6.92 Å². The van der Waals surface area contributed by atoms with Crippen molar-refractivity contribution in [1.82, 2.24) is 15.3 Å².